The number of hydrogen-bond acceptors (Lipinski definition) is 3. The summed E-state index contributed by atoms with van der Waals surface area (Å²) >= 11 is 0. The summed E-state index contributed by atoms with van der Waals surface area (Å²) in [5.74, 6) is 1.33. The highest BCUT2D eigenvalue weighted by Crippen LogP contribution is 2.19. The SMILES string of the molecule is Cc1noc(Cc2c[nH]c3ccccc23)n1. The van der Waals surface area contributed by atoms with E-state index in [2.05, 4.69) is 27.3 Å². The molecule has 3 aromatic rings. The van der Waals surface area contributed by atoms with E-state index in [0.717, 1.165) is 5.52 Å². The first-order chi connectivity index (χ1) is 7.83. The fraction of sp³-hybridized carbons (Fsp3) is 0.167. The molecule has 4 heteroatoms. The van der Waals surface area contributed by atoms with E-state index >= 15 is 0 Å². The molecule has 0 saturated heterocycles. The second kappa shape index (κ2) is 3.48. The van der Waals surface area contributed by atoms with Gasteiger partial charge in [-0.15, -0.1) is 0 Å². The summed E-state index contributed by atoms with van der Waals surface area (Å²) in [7, 11) is 0. The van der Waals surface area contributed by atoms with Crippen LogP contribution in [-0.4, -0.2) is 15.1 Å². The van der Waals surface area contributed by atoms with Gasteiger partial charge in [-0.3, -0.25) is 0 Å². The number of aryl methyl sites for hydroxylation is 1. The van der Waals surface area contributed by atoms with Gasteiger partial charge in [-0.1, -0.05) is 23.4 Å². The quantitative estimate of drug-likeness (QED) is 0.711. The zero-order chi connectivity index (χ0) is 11.0. The van der Waals surface area contributed by atoms with E-state index in [9.17, 15) is 0 Å². The molecule has 0 atom stereocenters. The van der Waals surface area contributed by atoms with Crippen LogP contribution in [0.4, 0.5) is 0 Å². The van der Waals surface area contributed by atoms with Crippen LogP contribution in [0.3, 0.4) is 0 Å². The lowest BCUT2D eigenvalue weighted by Gasteiger charge is -1.93. The lowest BCUT2D eigenvalue weighted by Crippen LogP contribution is -1.86. The van der Waals surface area contributed by atoms with Crippen molar-refractivity contribution in [2.45, 2.75) is 13.3 Å². The predicted octanol–water partition coefficient (Wildman–Crippen LogP) is 2.45. The van der Waals surface area contributed by atoms with Crippen LogP contribution in [-0.2, 0) is 6.42 Å². The molecule has 0 aliphatic carbocycles. The molecule has 0 saturated carbocycles. The molecule has 0 amide bonds. The van der Waals surface area contributed by atoms with Crippen molar-refractivity contribution in [3.63, 3.8) is 0 Å². The van der Waals surface area contributed by atoms with Gasteiger partial charge < -0.3 is 9.51 Å². The first-order valence-corrected chi connectivity index (χ1v) is 5.17. The Labute approximate surface area is 92.3 Å². The fourth-order valence-corrected chi connectivity index (χ4v) is 1.85. The number of aromatic amines is 1. The van der Waals surface area contributed by atoms with Crippen LogP contribution < -0.4 is 0 Å². The molecule has 0 spiro atoms. The predicted molar refractivity (Wildman–Crippen MR) is 60.1 cm³/mol. The zero-order valence-electron chi connectivity index (χ0n) is 8.90. The Kier molecular flexibility index (Phi) is 1.99. The minimum Gasteiger partial charge on any atom is -0.361 e. The molecule has 4 nitrogen and oxygen atoms in total. The van der Waals surface area contributed by atoms with Gasteiger partial charge in [-0.05, 0) is 18.6 Å². The summed E-state index contributed by atoms with van der Waals surface area (Å²) in [6.45, 7) is 1.82. The Morgan fingerprint density at radius 1 is 1.31 bits per heavy atom. The summed E-state index contributed by atoms with van der Waals surface area (Å²) < 4.78 is 5.11. The van der Waals surface area contributed by atoms with Crippen molar-refractivity contribution in [2.24, 2.45) is 0 Å². The molecule has 3 rings (SSSR count). The number of H-pyrrole nitrogens is 1. The second-order valence-corrected chi connectivity index (χ2v) is 3.77. The minimum atomic E-state index is 0.655. The van der Waals surface area contributed by atoms with Gasteiger partial charge in [0.15, 0.2) is 5.82 Å². The topological polar surface area (TPSA) is 54.7 Å². The van der Waals surface area contributed by atoms with E-state index in [0.29, 0.717) is 18.1 Å². The average Bonchev–Trinajstić information content (AvgIpc) is 2.87. The number of benzene rings is 1. The normalized spacial score (nSPS) is 11.1. The summed E-state index contributed by atoms with van der Waals surface area (Å²) in [6.07, 6.45) is 2.66. The van der Waals surface area contributed by atoms with Crippen LogP contribution in [0.5, 0.6) is 0 Å². The summed E-state index contributed by atoms with van der Waals surface area (Å²) in [5, 5.41) is 4.99. The van der Waals surface area contributed by atoms with Gasteiger partial charge in [0.2, 0.25) is 5.89 Å². The van der Waals surface area contributed by atoms with Gasteiger partial charge in [0.1, 0.15) is 0 Å². The number of rotatable bonds is 2. The third kappa shape index (κ3) is 1.48. The van der Waals surface area contributed by atoms with E-state index in [4.69, 9.17) is 4.52 Å². The Morgan fingerprint density at radius 2 is 2.19 bits per heavy atom. The number of aromatic nitrogens is 3. The number of fused-ring (bicyclic) bond motifs is 1. The van der Waals surface area contributed by atoms with Crippen LogP contribution in [0.1, 0.15) is 17.3 Å². The van der Waals surface area contributed by atoms with Crippen molar-refractivity contribution >= 4 is 10.9 Å². The van der Waals surface area contributed by atoms with Crippen LogP contribution in [0.25, 0.3) is 10.9 Å². The molecular formula is C12H11N3O. The Hall–Kier alpha value is -2.10. The van der Waals surface area contributed by atoms with Crippen molar-refractivity contribution in [3.8, 4) is 0 Å². The molecule has 0 radical (unpaired) electrons. The van der Waals surface area contributed by atoms with E-state index in [1.807, 2.05) is 25.3 Å². The maximum Gasteiger partial charge on any atom is 0.231 e. The number of nitrogens with zero attached hydrogens (tertiary/aromatic N) is 2. The first-order valence-electron chi connectivity index (χ1n) is 5.17. The minimum absolute atomic E-state index is 0.655. The maximum absolute atomic E-state index is 5.11. The molecule has 0 bridgehead atoms. The monoisotopic (exact) mass is 213 g/mol. The summed E-state index contributed by atoms with van der Waals surface area (Å²) in [6, 6.07) is 8.18. The third-order valence-corrected chi connectivity index (χ3v) is 2.59. The van der Waals surface area contributed by atoms with Crippen LogP contribution in [0, 0.1) is 6.92 Å². The molecule has 0 aliphatic rings. The van der Waals surface area contributed by atoms with Crippen LogP contribution >= 0.6 is 0 Å². The maximum atomic E-state index is 5.11. The highest BCUT2D eigenvalue weighted by molar-refractivity contribution is 5.83. The molecule has 16 heavy (non-hydrogen) atoms. The van der Waals surface area contributed by atoms with Gasteiger partial charge in [-0.25, -0.2) is 0 Å². The highest BCUT2D eigenvalue weighted by atomic mass is 16.5. The van der Waals surface area contributed by atoms with E-state index in [-0.39, 0.29) is 0 Å². The molecule has 2 heterocycles. The molecule has 0 fully saturated rings. The average molecular weight is 213 g/mol. The summed E-state index contributed by atoms with van der Waals surface area (Å²) in [4.78, 5) is 7.43. The number of hydrogen-bond donors (Lipinski definition) is 1. The van der Waals surface area contributed by atoms with E-state index in [1.165, 1.54) is 10.9 Å². The lowest BCUT2D eigenvalue weighted by atomic mass is 10.1. The van der Waals surface area contributed by atoms with E-state index in [1.54, 1.807) is 0 Å². The van der Waals surface area contributed by atoms with Crippen molar-refractivity contribution < 1.29 is 4.52 Å². The third-order valence-electron chi connectivity index (χ3n) is 2.59. The molecule has 1 N–H and O–H groups in total. The van der Waals surface area contributed by atoms with Gasteiger partial charge >= 0.3 is 0 Å². The van der Waals surface area contributed by atoms with Gasteiger partial charge in [0.25, 0.3) is 0 Å². The first kappa shape index (κ1) is 9.15. The van der Waals surface area contributed by atoms with E-state index < -0.39 is 0 Å². The highest BCUT2D eigenvalue weighted by Gasteiger charge is 2.08. The Balaban J connectivity index is 2.00. The van der Waals surface area contributed by atoms with Crippen molar-refractivity contribution in [1.82, 2.24) is 15.1 Å². The van der Waals surface area contributed by atoms with Crippen LogP contribution in [0.2, 0.25) is 0 Å². The molecule has 1 aromatic carbocycles. The molecular weight excluding hydrogens is 202 g/mol. The molecule has 0 aliphatic heterocycles. The second-order valence-electron chi connectivity index (χ2n) is 3.77. The Morgan fingerprint density at radius 3 is 3.00 bits per heavy atom. The Bertz CT molecular complexity index is 624. The van der Waals surface area contributed by atoms with Gasteiger partial charge in [-0.2, -0.15) is 4.98 Å². The van der Waals surface area contributed by atoms with Gasteiger partial charge in [0, 0.05) is 17.1 Å². The standard InChI is InChI=1S/C12H11N3O/c1-8-14-12(16-15-8)6-9-7-13-11-5-3-2-4-10(9)11/h2-5,7,13H,6H2,1H3. The largest absolute Gasteiger partial charge is 0.361 e. The molecule has 0 unspecified atom stereocenters. The number of para-hydroxylation sites is 1. The summed E-state index contributed by atoms with van der Waals surface area (Å²) in [5.41, 5.74) is 2.31. The van der Waals surface area contributed by atoms with Crippen molar-refractivity contribution in [1.29, 1.82) is 0 Å². The fourth-order valence-electron chi connectivity index (χ4n) is 1.85. The zero-order valence-corrected chi connectivity index (χ0v) is 8.90. The smallest absolute Gasteiger partial charge is 0.231 e. The molecule has 2 aromatic heterocycles. The van der Waals surface area contributed by atoms with Crippen molar-refractivity contribution in [3.05, 3.63) is 47.7 Å². The number of nitrogens with one attached hydrogen (secondary N) is 1. The molecule has 80 valence electrons. The van der Waals surface area contributed by atoms with Crippen molar-refractivity contribution in [2.75, 3.05) is 0 Å². The lowest BCUT2D eigenvalue weighted by molar-refractivity contribution is 0.381. The van der Waals surface area contributed by atoms with Gasteiger partial charge in [0.05, 0.1) is 6.42 Å². The van der Waals surface area contributed by atoms with Crippen LogP contribution in [0.15, 0.2) is 35.0 Å².